The number of nitrogens with two attached hydrogens (primary N) is 1. The molecule has 1 aliphatic rings. The lowest BCUT2D eigenvalue weighted by atomic mass is 10.0. The maximum absolute atomic E-state index is 6.11. The summed E-state index contributed by atoms with van der Waals surface area (Å²) in [6, 6.07) is 10.3. The molecule has 0 radical (unpaired) electrons. The summed E-state index contributed by atoms with van der Waals surface area (Å²) < 4.78 is 7.72. The Bertz CT molecular complexity index is 752. The highest BCUT2D eigenvalue weighted by Gasteiger charge is 2.21. The van der Waals surface area contributed by atoms with Crippen LogP contribution >= 0.6 is 0 Å². The van der Waals surface area contributed by atoms with Crippen molar-refractivity contribution in [1.29, 1.82) is 0 Å². The van der Waals surface area contributed by atoms with E-state index < -0.39 is 0 Å². The van der Waals surface area contributed by atoms with Gasteiger partial charge in [0.2, 0.25) is 0 Å². The Labute approximate surface area is 149 Å². The Hall–Kier alpha value is -2.50. The second-order valence-corrected chi connectivity index (χ2v) is 6.81. The summed E-state index contributed by atoms with van der Waals surface area (Å²) in [5.41, 5.74) is 9.48. The Morgan fingerprint density at radius 3 is 3.00 bits per heavy atom. The lowest BCUT2D eigenvalue weighted by Gasteiger charge is -2.27. The molecule has 2 atom stereocenters. The second kappa shape index (κ2) is 7.59. The fraction of sp³-hybridized carbons (Fsp3) is 0.474. The number of aliphatic imine (C=N–C) groups is 1. The SMILES string of the molecule is Cc1cc(C)n(CC(C)CN=C(N)NC2CCOc3ccccc32)n1. The number of benzene rings is 1. The van der Waals surface area contributed by atoms with Crippen LogP contribution in [-0.4, -0.2) is 28.9 Å². The zero-order chi connectivity index (χ0) is 17.8. The second-order valence-electron chi connectivity index (χ2n) is 6.81. The van der Waals surface area contributed by atoms with E-state index in [1.54, 1.807) is 0 Å². The van der Waals surface area contributed by atoms with Gasteiger partial charge in [0, 0.05) is 30.8 Å². The summed E-state index contributed by atoms with van der Waals surface area (Å²) in [4.78, 5) is 4.53. The number of nitrogens with one attached hydrogen (secondary N) is 1. The number of nitrogens with zero attached hydrogens (tertiary/aromatic N) is 3. The van der Waals surface area contributed by atoms with Crippen molar-refractivity contribution in [3.63, 3.8) is 0 Å². The van der Waals surface area contributed by atoms with Gasteiger partial charge in [-0.05, 0) is 31.9 Å². The molecule has 0 aliphatic carbocycles. The topological polar surface area (TPSA) is 77.5 Å². The van der Waals surface area contributed by atoms with Crippen LogP contribution in [0.5, 0.6) is 5.75 Å². The van der Waals surface area contributed by atoms with Crippen molar-refractivity contribution < 1.29 is 4.74 Å². The van der Waals surface area contributed by atoms with Gasteiger partial charge >= 0.3 is 0 Å². The van der Waals surface area contributed by atoms with Gasteiger partial charge in [0.1, 0.15) is 5.75 Å². The summed E-state index contributed by atoms with van der Waals surface area (Å²) in [7, 11) is 0. The number of fused-ring (bicyclic) bond motifs is 1. The Balaban J connectivity index is 1.56. The van der Waals surface area contributed by atoms with Crippen molar-refractivity contribution in [1.82, 2.24) is 15.1 Å². The summed E-state index contributed by atoms with van der Waals surface area (Å²) >= 11 is 0. The number of aromatic nitrogens is 2. The molecule has 2 unspecified atom stereocenters. The Kier molecular flexibility index (Phi) is 5.26. The fourth-order valence-electron chi connectivity index (χ4n) is 3.18. The maximum Gasteiger partial charge on any atom is 0.189 e. The van der Waals surface area contributed by atoms with E-state index >= 15 is 0 Å². The molecule has 1 aromatic heterocycles. The number of hydrogen-bond donors (Lipinski definition) is 2. The normalized spacial score (nSPS) is 18.4. The van der Waals surface area contributed by atoms with Crippen LogP contribution in [0.1, 0.15) is 36.3 Å². The first-order valence-electron chi connectivity index (χ1n) is 8.82. The first-order valence-corrected chi connectivity index (χ1v) is 8.82. The number of para-hydroxylation sites is 1. The number of guanidine groups is 1. The highest BCUT2D eigenvalue weighted by atomic mass is 16.5. The molecule has 0 spiro atoms. The quantitative estimate of drug-likeness (QED) is 0.647. The van der Waals surface area contributed by atoms with Gasteiger partial charge in [0.05, 0.1) is 18.3 Å². The summed E-state index contributed by atoms with van der Waals surface area (Å²) in [5, 5.41) is 7.84. The molecule has 25 heavy (non-hydrogen) atoms. The smallest absolute Gasteiger partial charge is 0.189 e. The minimum atomic E-state index is 0.153. The van der Waals surface area contributed by atoms with Crippen LogP contribution in [-0.2, 0) is 6.54 Å². The van der Waals surface area contributed by atoms with Crippen molar-refractivity contribution in [3.8, 4) is 5.75 Å². The molecule has 6 heteroatoms. The van der Waals surface area contributed by atoms with Crippen molar-refractivity contribution in [2.24, 2.45) is 16.6 Å². The van der Waals surface area contributed by atoms with Gasteiger partial charge in [0.15, 0.2) is 5.96 Å². The number of ether oxygens (including phenoxy) is 1. The third-order valence-corrected chi connectivity index (χ3v) is 4.44. The fourth-order valence-corrected chi connectivity index (χ4v) is 3.18. The molecule has 2 heterocycles. The lowest BCUT2D eigenvalue weighted by molar-refractivity contribution is 0.262. The summed E-state index contributed by atoms with van der Waals surface area (Å²) in [6.07, 6.45) is 0.883. The van der Waals surface area contributed by atoms with E-state index in [1.165, 1.54) is 5.69 Å². The molecule has 1 aliphatic heterocycles. The van der Waals surface area contributed by atoms with Crippen LogP contribution in [0.15, 0.2) is 35.3 Å². The van der Waals surface area contributed by atoms with E-state index in [4.69, 9.17) is 10.5 Å². The van der Waals surface area contributed by atoms with Crippen LogP contribution in [0.4, 0.5) is 0 Å². The van der Waals surface area contributed by atoms with Gasteiger partial charge in [-0.1, -0.05) is 25.1 Å². The summed E-state index contributed by atoms with van der Waals surface area (Å²) in [6.45, 7) is 8.46. The zero-order valence-corrected chi connectivity index (χ0v) is 15.2. The third kappa shape index (κ3) is 4.32. The largest absolute Gasteiger partial charge is 0.493 e. The molecule has 0 saturated carbocycles. The van der Waals surface area contributed by atoms with Crippen molar-refractivity contribution in [2.75, 3.05) is 13.2 Å². The number of aryl methyl sites for hydroxylation is 2. The van der Waals surface area contributed by atoms with Crippen molar-refractivity contribution in [2.45, 2.75) is 39.8 Å². The molecule has 3 rings (SSSR count). The van der Waals surface area contributed by atoms with E-state index in [-0.39, 0.29) is 6.04 Å². The molecule has 0 fully saturated rings. The van der Waals surface area contributed by atoms with Gasteiger partial charge < -0.3 is 15.8 Å². The van der Waals surface area contributed by atoms with Crippen LogP contribution in [0, 0.1) is 19.8 Å². The molecule has 6 nitrogen and oxygen atoms in total. The molecule has 0 amide bonds. The Morgan fingerprint density at radius 2 is 2.24 bits per heavy atom. The average molecular weight is 341 g/mol. The average Bonchev–Trinajstić information content (AvgIpc) is 2.90. The third-order valence-electron chi connectivity index (χ3n) is 4.44. The van der Waals surface area contributed by atoms with Gasteiger partial charge in [-0.3, -0.25) is 9.67 Å². The maximum atomic E-state index is 6.11. The number of rotatable bonds is 5. The van der Waals surface area contributed by atoms with E-state index in [0.717, 1.165) is 30.0 Å². The molecular weight excluding hydrogens is 314 g/mol. The highest BCUT2D eigenvalue weighted by Crippen LogP contribution is 2.31. The van der Waals surface area contributed by atoms with Crippen molar-refractivity contribution >= 4 is 5.96 Å². The van der Waals surface area contributed by atoms with Gasteiger partial charge in [-0.2, -0.15) is 5.10 Å². The minimum Gasteiger partial charge on any atom is -0.493 e. The van der Waals surface area contributed by atoms with E-state index in [1.807, 2.05) is 29.8 Å². The first kappa shape index (κ1) is 17.3. The molecule has 1 aromatic carbocycles. The summed E-state index contributed by atoms with van der Waals surface area (Å²) in [5.74, 6) is 1.78. The zero-order valence-electron chi connectivity index (χ0n) is 15.2. The predicted molar refractivity (Wildman–Crippen MR) is 99.8 cm³/mol. The molecule has 0 bridgehead atoms. The van der Waals surface area contributed by atoms with E-state index in [9.17, 15) is 0 Å². The van der Waals surface area contributed by atoms with Crippen LogP contribution in [0.25, 0.3) is 0 Å². The monoisotopic (exact) mass is 341 g/mol. The Morgan fingerprint density at radius 1 is 1.44 bits per heavy atom. The highest BCUT2D eigenvalue weighted by molar-refractivity contribution is 5.78. The van der Waals surface area contributed by atoms with Crippen LogP contribution < -0.4 is 15.8 Å². The van der Waals surface area contributed by atoms with Gasteiger partial charge in [-0.15, -0.1) is 0 Å². The minimum absolute atomic E-state index is 0.153. The molecule has 0 saturated heterocycles. The van der Waals surface area contributed by atoms with Crippen molar-refractivity contribution in [3.05, 3.63) is 47.3 Å². The van der Waals surface area contributed by atoms with Crippen LogP contribution in [0.2, 0.25) is 0 Å². The van der Waals surface area contributed by atoms with Crippen LogP contribution in [0.3, 0.4) is 0 Å². The first-order chi connectivity index (χ1) is 12.0. The molecule has 3 N–H and O–H groups in total. The number of hydrogen-bond acceptors (Lipinski definition) is 3. The standard InChI is InChI=1S/C19H27N5O/c1-13(12-24-15(3)10-14(2)23-24)11-21-19(20)22-17-8-9-25-18-7-5-4-6-16(17)18/h4-7,10,13,17H,8-9,11-12H2,1-3H3,(H3,20,21,22). The van der Waals surface area contributed by atoms with Gasteiger partial charge in [-0.25, -0.2) is 0 Å². The van der Waals surface area contributed by atoms with Gasteiger partial charge in [0.25, 0.3) is 0 Å². The molecular formula is C19H27N5O. The lowest BCUT2D eigenvalue weighted by Crippen LogP contribution is -2.37. The molecule has 134 valence electrons. The van der Waals surface area contributed by atoms with E-state index in [0.29, 0.717) is 25.0 Å². The predicted octanol–water partition coefficient (Wildman–Crippen LogP) is 2.56. The van der Waals surface area contributed by atoms with E-state index in [2.05, 4.69) is 41.4 Å². The molecule has 2 aromatic rings.